The minimum atomic E-state index is -0.782. The van der Waals surface area contributed by atoms with E-state index in [2.05, 4.69) is 0 Å². The number of benzene rings is 1. The minimum Gasteiger partial charge on any atom is -0.481 e. The summed E-state index contributed by atoms with van der Waals surface area (Å²) in [5.41, 5.74) is 1.45. The summed E-state index contributed by atoms with van der Waals surface area (Å²) >= 11 is 6.47. The number of aliphatic carboxylic acids is 1. The molecular formula is C18H21ClN2O3. The molecule has 6 heteroatoms. The quantitative estimate of drug-likeness (QED) is 0.919. The Morgan fingerprint density at radius 3 is 2.79 bits per heavy atom. The van der Waals surface area contributed by atoms with Gasteiger partial charge < -0.3 is 14.6 Å². The SMILES string of the molecule is Cn1c(C(=O)N2CCCC(CCC(=O)O)C2)c(Cl)c2ccccc21. The summed E-state index contributed by atoms with van der Waals surface area (Å²) < 4.78 is 1.85. The highest BCUT2D eigenvalue weighted by molar-refractivity contribution is 6.38. The maximum atomic E-state index is 13.0. The number of fused-ring (bicyclic) bond motifs is 1. The number of halogens is 1. The lowest BCUT2D eigenvalue weighted by atomic mass is 9.93. The van der Waals surface area contributed by atoms with Crippen molar-refractivity contribution in [1.82, 2.24) is 9.47 Å². The Kier molecular flexibility index (Phi) is 4.81. The van der Waals surface area contributed by atoms with Gasteiger partial charge in [-0.05, 0) is 31.2 Å². The molecule has 1 unspecified atom stereocenters. The molecule has 1 fully saturated rings. The average molecular weight is 349 g/mol. The Hall–Kier alpha value is -2.01. The number of para-hydroxylation sites is 1. The normalized spacial score (nSPS) is 18.1. The second-order valence-electron chi connectivity index (χ2n) is 6.43. The summed E-state index contributed by atoms with van der Waals surface area (Å²) in [6, 6.07) is 7.70. The van der Waals surface area contributed by atoms with E-state index in [9.17, 15) is 9.59 Å². The number of nitrogens with zero attached hydrogens (tertiary/aromatic N) is 2. The Morgan fingerprint density at radius 2 is 2.08 bits per heavy atom. The largest absolute Gasteiger partial charge is 0.481 e. The van der Waals surface area contributed by atoms with Crippen LogP contribution in [0.15, 0.2) is 24.3 Å². The van der Waals surface area contributed by atoms with E-state index in [-0.39, 0.29) is 18.2 Å². The van der Waals surface area contributed by atoms with Crippen LogP contribution in [0.3, 0.4) is 0 Å². The van der Waals surface area contributed by atoms with Crippen molar-refractivity contribution in [3.63, 3.8) is 0 Å². The molecule has 1 aromatic heterocycles. The van der Waals surface area contributed by atoms with Gasteiger partial charge in [0.15, 0.2) is 0 Å². The molecule has 1 aromatic carbocycles. The smallest absolute Gasteiger partial charge is 0.303 e. The molecule has 5 nitrogen and oxygen atoms in total. The van der Waals surface area contributed by atoms with E-state index >= 15 is 0 Å². The molecule has 1 saturated heterocycles. The summed E-state index contributed by atoms with van der Waals surface area (Å²) in [5.74, 6) is -0.610. The average Bonchev–Trinajstić information content (AvgIpc) is 2.84. The number of carboxylic acid groups (broad SMARTS) is 1. The predicted octanol–water partition coefficient (Wildman–Crippen LogP) is 3.55. The molecule has 1 aliphatic heterocycles. The van der Waals surface area contributed by atoms with E-state index in [1.807, 2.05) is 40.8 Å². The van der Waals surface area contributed by atoms with Crippen molar-refractivity contribution in [2.45, 2.75) is 25.7 Å². The van der Waals surface area contributed by atoms with Crippen molar-refractivity contribution in [2.75, 3.05) is 13.1 Å². The van der Waals surface area contributed by atoms with Gasteiger partial charge in [0.2, 0.25) is 0 Å². The summed E-state index contributed by atoms with van der Waals surface area (Å²) in [4.78, 5) is 25.6. The molecule has 0 radical (unpaired) electrons. The first kappa shape index (κ1) is 16.8. The molecule has 128 valence electrons. The highest BCUT2D eigenvalue weighted by Crippen LogP contribution is 2.32. The second kappa shape index (κ2) is 6.85. The molecule has 0 bridgehead atoms. The third kappa shape index (κ3) is 3.13. The summed E-state index contributed by atoms with van der Waals surface area (Å²) in [6.07, 6.45) is 2.64. The maximum absolute atomic E-state index is 13.0. The Morgan fingerprint density at radius 1 is 1.33 bits per heavy atom. The first-order valence-electron chi connectivity index (χ1n) is 8.23. The fourth-order valence-electron chi connectivity index (χ4n) is 3.55. The number of carbonyl (C=O) groups is 2. The number of rotatable bonds is 4. The van der Waals surface area contributed by atoms with E-state index in [1.165, 1.54) is 0 Å². The van der Waals surface area contributed by atoms with Gasteiger partial charge in [-0.25, -0.2) is 0 Å². The summed E-state index contributed by atoms with van der Waals surface area (Å²) in [6.45, 7) is 1.30. The van der Waals surface area contributed by atoms with Crippen molar-refractivity contribution in [3.05, 3.63) is 35.0 Å². The monoisotopic (exact) mass is 348 g/mol. The molecule has 1 atom stereocenters. The number of carboxylic acids is 1. The summed E-state index contributed by atoms with van der Waals surface area (Å²) in [5, 5.41) is 10.2. The standard InChI is InChI=1S/C18H21ClN2O3/c1-20-14-7-3-2-6-13(14)16(19)17(20)18(24)21-10-4-5-12(11-21)8-9-15(22)23/h2-3,6-7,12H,4-5,8-11H2,1H3,(H,22,23). The minimum absolute atomic E-state index is 0.0706. The van der Waals surface area contributed by atoms with Crippen molar-refractivity contribution >= 4 is 34.4 Å². The lowest BCUT2D eigenvalue weighted by molar-refractivity contribution is -0.137. The van der Waals surface area contributed by atoms with Gasteiger partial charge in [0.25, 0.3) is 5.91 Å². The zero-order valence-electron chi connectivity index (χ0n) is 13.7. The van der Waals surface area contributed by atoms with Crippen LogP contribution in [0, 0.1) is 5.92 Å². The molecule has 0 spiro atoms. The number of likely N-dealkylation sites (tertiary alicyclic amines) is 1. The Labute approximate surface area is 145 Å². The molecule has 1 amide bonds. The number of carbonyl (C=O) groups excluding carboxylic acids is 1. The van der Waals surface area contributed by atoms with E-state index in [0.29, 0.717) is 30.2 Å². The van der Waals surface area contributed by atoms with Crippen LogP contribution < -0.4 is 0 Å². The van der Waals surface area contributed by atoms with Gasteiger partial charge in [0.1, 0.15) is 5.69 Å². The van der Waals surface area contributed by atoms with Crippen molar-refractivity contribution in [1.29, 1.82) is 0 Å². The molecule has 0 aliphatic carbocycles. The Balaban J connectivity index is 1.82. The van der Waals surface area contributed by atoms with E-state index in [0.717, 1.165) is 23.7 Å². The predicted molar refractivity (Wildman–Crippen MR) is 93.4 cm³/mol. The number of amides is 1. The van der Waals surface area contributed by atoms with E-state index in [4.69, 9.17) is 16.7 Å². The molecule has 2 aromatic rings. The maximum Gasteiger partial charge on any atom is 0.303 e. The molecular weight excluding hydrogens is 328 g/mol. The lowest BCUT2D eigenvalue weighted by Crippen LogP contribution is -2.40. The van der Waals surface area contributed by atoms with E-state index < -0.39 is 5.97 Å². The number of aromatic nitrogens is 1. The van der Waals surface area contributed by atoms with Gasteiger partial charge >= 0.3 is 5.97 Å². The number of hydrogen-bond acceptors (Lipinski definition) is 2. The van der Waals surface area contributed by atoms with Crippen LogP contribution in [-0.4, -0.2) is 39.5 Å². The van der Waals surface area contributed by atoms with E-state index in [1.54, 1.807) is 0 Å². The molecule has 0 saturated carbocycles. The topological polar surface area (TPSA) is 62.5 Å². The van der Waals surface area contributed by atoms with Gasteiger partial charge in [0.05, 0.1) is 5.02 Å². The fourth-order valence-corrected chi connectivity index (χ4v) is 3.91. The van der Waals surface area contributed by atoms with Crippen LogP contribution in [0.4, 0.5) is 0 Å². The second-order valence-corrected chi connectivity index (χ2v) is 6.81. The first-order valence-corrected chi connectivity index (χ1v) is 8.60. The molecule has 3 rings (SSSR count). The number of hydrogen-bond donors (Lipinski definition) is 1. The van der Waals surface area contributed by atoms with Crippen LogP contribution in [0.25, 0.3) is 10.9 Å². The van der Waals surface area contributed by atoms with Crippen molar-refractivity contribution in [2.24, 2.45) is 13.0 Å². The van der Waals surface area contributed by atoms with Gasteiger partial charge in [-0.3, -0.25) is 9.59 Å². The third-order valence-corrected chi connectivity index (χ3v) is 5.20. The molecule has 1 N–H and O–H groups in total. The van der Waals surface area contributed by atoms with Crippen molar-refractivity contribution < 1.29 is 14.7 Å². The molecule has 24 heavy (non-hydrogen) atoms. The van der Waals surface area contributed by atoms with Crippen LogP contribution in [0.2, 0.25) is 5.02 Å². The molecule has 1 aliphatic rings. The zero-order chi connectivity index (χ0) is 17.3. The fraction of sp³-hybridized carbons (Fsp3) is 0.444. The zero-order valence-corrected chi connectivity index (χ0v) is 14.4. The van der Waals surface area contributed by atoms with Gasteiger partial charge in [-0.1, -0.05) is 29.8 Å². The summed E-state index contributed by atoms with van der Waals surface area (Å²) in [7, 11) is 1.85. The van der Waals surface area contributed by atoms with Gasteiger partial charge in [-0.2, -0.15) is 0 Å². The lowest BCUT2D eigenvalue weighted by Gasteiger charge is -2.32. The van der Waals surface area contributed by atoms with Gasteiger partial charge in [-0.15, -0.1) is 0 Å². The van der Waals surface area contributed by atoms with Crippen LogP contribution in [-0.2, 0) is 11.8 Å². The van der Waals surface area contributed by atoms with Gasteiger partial charge in [0, 0.05) is 37.5 Å². The van der Waals surface area contributed by atoms with Crippen LogP contribution >= 0.6 is 11.6 Å². The van der Waals surface area contributed by atoms with Crippen molar-refractivity contribution in [3.8, 4) is 0 Å². The van der Waals surface area contributed by atoms with Crippen LogP contribution in [0.1, 0.15) is 36.2 Å². The number of piperidine rings is 1. The Bertz CT molecular complexity index is 745. The first-order chi connectivity index (χ1) is 11.5. The van der Waals surface area contributed by atoms with Crippen LogP contribution in [0.5, 0.6) is 0 Å². The highest BCUT2D eigenvalue weighted by Gasteiger charge is 2.28. The highest BCUT2D eigenvalue weighted by atomic mass is 35.5. The third-order valence-electron chi connectivity index (χ3n) is 4.82. The number of aryl methyl sites for hydroxylation is 1. The molecule has 2 heterocycles.